The Kier molecular flexibility index (Phi) is 6.34. The summed E-state index contributed by atoms with van der Waals surface area (Å²) in [5.74, 6) is -1.49. The van der Waals surface area contributed by atoms with Gasteiger partial charge in [-0.1, -0.05) is 12.1 Å². The number of benzene rings is 1. The molecule has 0 bridgehead atoms. The molecule has 28 heavy (non-hydrogen) atoms. The predicted octanol–water partition coefficient (Wildman–Crippen LogP) is 1.69. The number of nitrogens with zero attached hydrogens (tertiary/aromatic N) is 2. The van der Waals surface area contributed by atoms with E-state index < -0.39 is 47.1 Å². The number of rotatable bonds is 5. The second kappa shape index (κ2) is 8.34. The standard InChI is InChI=1S/C18H22N2O8/c1-18(2,3)28-17(24)19-9-13(21)8-14(19)16(23)27-10-15(22)11-5-4-6-12(7-11)20(25)26/h4-7,13-14,21H,8-10H2,1-3H3/t13-,14+/m0/s1. The van der Waals surface area contributed by atoms with Crippen LogP contribution >= 0.6 is 0 Å². The molecule has 1 aromatic rings. The maximum Gasteiger partial charge on any atom is 0.411 e. The van der Waals surface area contributed by atoms with Crippen LogP contribution in [0.3, 0.4) is 0 Å². The molecule has 0 radical (unpaired) electrons. The Labute approximate surface area is 161 Å². The summed E-state index contributed by atoms with van der Waals surface area (Å²) in [5, 5.41) is 20.6. The summed E-state index contributed by atoms with van der Waals surface area (Å²) in [6, 6.07) is 3.97. The van der Waals surface area contributed by atoms with Gasteiger partial charge in [-0.25, -0.2) is 9.59 Å². The lowest BCUT2D eigenvalue weighted by molar-refractivity contribution is -0.384. The highest BCUT2D eigenvalue weighted by atomic mass is 16.6. The highest BCUT2D eigenvalue weighted by Crippen LogP contribution is 2.22. The van der Waals surface area contributed by atoms with Crippen LogP contribution in [0.4, 0.5) is 10.5 Å². The fraction of sp³-hybridized carbons (Fsp3) is 0.500. The molecule has 2 rings (SSSR count). The number of hydrogen-bond donors (Lipinski definition) is 1. The van der Waals surface area contributed by atoms with E-state index in [0.29, 0.717) is 0 Å². The van der Waals surface area contributed by atoms with Crippen molar-refractivity contribution >= 4 is 23.5 Å². The second-order valence-electron chi connectivity index (χ2n) is 7.38. The van der Waals surface area contributed by atoms with Crippen molar-refractivity contribution in [3.05, 3.63) is 39.9 Å². The number of aliphatic hydroxyl groups excluding tert-OH is 1. The summed E-state index contributed by atoms with van der Waals surface area (Å²) in [7, 11) is 0. The molecule has 1 fully saturated rings. The maximum absolute atomic E-state index is 12.3. The molecule has 1 aromatic carbocycles. The van der Waals surface area contributed by atoms with E-state index >= 15 is 0 Å². The lowest BCUT2D eigenvalue weighted by atomic mass is 10.1. The Hall–Kier alpha value is -3.01. The number of likely N-dealkylation sites (tertiary alicyclic amines) is 1. The van der Waals surface area contributed by atoms with E-state index in [4.69, 9.17) is 9.47 Å². The first kappa shape index (κ1) is 21.3. The molecule has 0 aliphatic carbocycles. The number of Topliss-reactive ketones (excluding diaryl/α,β-unsaturated/α-hetero) is 1. The number of esters is 1. The molecular formula is C18H22N2O8. The average molecular weight is 394 g/mol. The number of β-amino-alcohol motifs (C(OH)–C–C–N with tert-alkyl or cyclic N) is 1. The first-order valence-corrected chi connectivity index (χ1v) is 8.60. The first-order chi connectivity index (χ1) is 13.0. The van der Waals surface area contributed by atoms with Crippen LogP contribution in [0.25, 0.3) is 0 Å². The van der Waals surface area contributed by atoms with Gasteiger partial charge in [0.15, 0.2) is 6.61 Å². The molecule has 2 atom stereocenters. The van der Waals surface area contributed by atoms with Gasteiger partial charge in [0.25, 0.3) is 5.69 Å². The molecule has 10 heteroatoms. The number of carbonyl (C=O) groups excluding carboxylic acids is 3. The second-order valence-corrected chi connectivity index (χ2v) is 7.38. The Morgan fingerprint density at radius 1 is 1.32 bits per heavy atom. The van der Waals surface area contributed by atoms with Crippen LogP contribution in [0.1, 0.15) is 37.6 Å². The molecule has 1 heterocycles. The number of aliphatic hydroxyl groups is 1. The molecule has 152 valence electrons. The summed E-state index contributed by atoms with van der Waals surface area (Å²) in [4.78, 5) is 47.9. The summed E-state index contributed by atoms with van der Waals surface area (Å²) in [6.45, 7) is 4.27. The Bertz CT molecular complexity index is 786. The fourth-order valence-corrected chi connectivity index (χ4v) is 2.67. The molecule has 1 aliphatic heterocycles. The number of non-ortho nitro benzene ring substituents is 1. The van der Waals surface area contributed by atoms with E-state index in [1.165, 1.54) is 18.2 Å². The van der Waals surface area contributed by atoms with Crippen molar-refractivity contribution in [2.45, 2.75) is 44.9 Å². The van der Waals surface area contributed by atoms with Crippen molar-refractivity contribution in [3.8, 4) is 0 Å². The Morgan fingerprint density at radius 2 is 2.00 bits per heavy atom. The van der Waals surface area contributed by atoms with Gasteiger partial charge >= 0.3 is 12.1 Å². The third kappa shape index (κ3) is 5.49. The predicted molar refractivity (Wildman–Crippen MR) is 95.7 cm³/mol. The molecule has 0 aromatic heterocycles. The molecule has 10 nitrogen and oxygen atoms in total. The SMILES string of the molecule is CC(C)(C)OC(=O)N1C[C@@H](O)C[C@@H]1C(=O)OCC(=O)c1cccc([N+](=O)[O-])c1. The topological polar surface area (TPSA) is 136 Å². The van der Waals surface area contributed by atoms with Gasteiger partial charge in [-0.2, -0.15) is 0 Å². The number of carbonyl (C=O) groups is 3. The van der Waals surface area contributed by atoms with E-state index in [2.05, 4.69) is 0 Å². The Balaban J connectivity index is 2.01. The van der Waals surface area contributed by atoms with Gasteiger partial charge in [0.2, 0.25) is 5.78 Å². The molecule has 0 saturated carbocycles. The van der Waals surface area contributed by atoms with Crippen molar-refractivity contribution in [1.82, 2.24) is 4.90 Å². The van der Waals surface area contributed by atoms with Crippen LogP contribution in [0.2, 0.25) is 0 Å². The van der Waals surface area contributed by atoms with E-state index in [0.717, 1.165) is 11.0 Å². The van der Waals surface area contributed by atoms with E-state index in [9.17, 15) is 29.6 Å². The zero-order valence-corrected chi connectivity index (χ0v) is 15.8. The van der Waals surface area contributed by atoms with Gasteiger partial charge in [-0.3, -0.25) is 19.8 Å². The number of amides is 1. The molecule has 0 spiro atoms. The van der Waals surface area contributed by atoms with Gasteiger partial charge in [-0.15, -0.1) is 0 Å². The van der Waals surface area contributed by atoms with Crippen LogP contribution in [0, 0.1) is 10.1 Å². The Morgan fingerprint density at radius 3 is 2.61 bits per heavy atom. The number of ketones is 1. The minimum Gasteiger partial charge on any atom is -0.456 e. The number of nitro benzene ring substituents is 1. The number of ether oxygens (including phenoxy) is 2. The van der Waals surface area contributed by atoms with Crippen molar-refractivity contribution in [2.75, 3.05) is 13.2 Å². The van der Waals surface area contributed by atoms with Gasteiger partial charge < -0.3 is 14.6 Å². The minimum atomic E-state index is -1.08. The summed E-state index contributed by atoms with van der Waals surface area (Å²) < 4.78 is 10.2. The van der Waals surface area contributed by atoms with Crippen LogP contribution in [-0.4, -0.2) is 63.7 Å². The quantitative estimate of drug-likeness (QED) is 0.345. The number of hydrogen-bond acceptors (Lipinski definition) is 8. The monoisotopic (exact) mass is 394 g/mol. The number of nitro groups is 1. The summed E-state index contributed by atoms with van der Waals surface area (Å²) in [6.07, 6.45) is -1.73. The van der Waals surface area contributed by atoms with Gasteiger partial charge in [0.1, 0.15) is 11.6 Å². The van der Waals surface area contributed by atoms with Crippen LogP contribution in [0.15, 0.2) is 24.3 Å². The molecule has 1 aliphatic rings. The fourth-order valence-electron chi connectivity index (χ4n) is 2.67. The lowest BCUT2D eigenvalue weighted by Gasteiger charge is -2.27. The van der Waals surface area contributed by atoms with Gasteiger partial charge in [0.05, 0.1) is 17.6 Å². The third-order valence-electron chi connectivity index (χ3n) is 3.90. The van der Waals surface area contributed by atoms with Crippen molar-refractivity contribution in [1.29, 1.82) is 0 Å². The minimum absolute atomic E-state index is 0.0254. The van der Waals surface area contributed by atoms with Crippen LogP contribution in [-0.2, 0) is 14.3 Å². The highest BCUT2D eigenvalue weighted by molar-refractivity contribution is 5.98. The molecule has 0 unspecified atom stereocenters. The van der Waals surface area contributed by atoms with Crippen molar-refractivity contribution < 1.29 is 33.9 Å². The van der Waals surface area contributed by atoms with Gasteiger partial charge in [-0.05, 0) is 20.8 Å². The summed E-state index contributed by atoms with van der Waals surface area (Å²) >= 11 is 0. The smallest absolute Gasteiger partial charge is 0.411 e. The normalized spacial score (nSPS) is 19.2. The zero-order valence-electron chi connectivity index (χ0n) is 15.8. The van der Waals surface area contributed by atoms with Crippen molar-refractivity contribution in [2.24, 2.45) is 0 Å². The average Bonchev–Trinajstić information content (AvgIpc) is 3.00. The maximum atomic E-state index is 12.3. The van der Waals surface area contributed by atoms with Crippen LogP contribution < -0.4 is 0 Å². The van der Waals surface area contributed by atoms with E-state index in [1.54, 1.807) is 20.8 Å². The third-order valence-corrected chi connectivity index (χ3v) is 3.90. The first-order valence-electron chi connectivity index (χ1n) is 8.60. The lowest BCUT2D eigenvalue weighted by Crippen LogP contribution is -2.44. The summed E-state index contributed by atoms with van der Waals surface area (Å²) in [5.41, 5.74) is -1.01. The highest BCUT2D eigenvalue weighted by Gasteiger charge is 2.42. The van der Waals surface area contributed by atoms with Crippen molar-refractivity contribution in [3.63, 3.8) is 0 Å². The zero-order chi connectivity index (χ0) is 21.1. The molecule has 1 saturated heterocycles. The van der Waals surface area contributed by atoms with Crippen LogP contribution in [0.5, 0.6) is 0 Å². The van der Waals surface area contributed by atoms with E-state index in [1.807, 2.05) is 0 Å². The molecular weight excluding hydrogens is 372 g/mol. The molecule has 1 amide bonds. The largest absolute Gasteiger partial charge is 0.456 e. The van der Waals surface area contributed by atoms with E-state index in [-0.39, 0.29) is 24.2 Å². The van der Waals surface area contributed by atoms with Gasteiger partial charge in [0, 0.05) is 24.1 Å². The molecule has 1 N–H and O–H groups in total.